The van der Waals surface area contributed by atoms with Crippen molar-refractivity contribution in [2.45, 2.75) is 26.3 Å². The van der Waals surface area contributed by atoms with Gasteiger partial charge >= 0.3 is 5.97 Å². The Morgan fingerprint density at radius 1 is 1.47 bits per heavy atom. The van der Waals surface area contributed by atoms with Crippen LogP contribution in [0.15, 0.2) is 0 Å². The number of esters is 1. The average Bonchev–Trinajstić information content (AvgIpc) is 2.76. The predicted octanol–water partition coefficient (Wildman–Crippen LogP) is -0.0946. The minimum atomic E-state index is -0.671. The molecule has 0 fully saturated rings. The number of anilines is 1. The topological polar surface area (TPSA) is 103 Å². The number of carbonyl (C=O) groups excluding carboxylic acids is 2. The molecule has 0 radical (unpaired) electrons. The van der Waals surface area contributed by atoms with Crippen LogP contribution < -0.4 is 5.73 Å². The lowest BCUT2D eigenvalue weighted by Gasteiger charge is -2.16. The zero-order chi connectivity index (χ0) is 14.4. The maximum absolute atomic E-state index is 11.9. The highest BCUT2D eigenvalue weighted by atomic mass is 16.5. The first-order valence-corrected chi connectivity index (χ1v) is 6.02. The molecule has 1 amide bonds. The van der Waals surface area contributed by atoms with E-state index >= 15 is 0 Å². The van der Waals surface area contributed by atoms with Gasteiger partial charge in [0.1, 0.15) is 6.54 Å². The van der Waals surface area contributed by atoms with Gasteiger partial charge in [0.05, 0.1) is 7.11 Å². The van der Waals surface area contributed by atoms with E-state index in [4.69, 9.17) is 5.73 Å². The van der Waals surface area contributed by atoms with Gasteiger partial charge in [0.15, 0.2) is 5.82 Å². The Hall–Kier alpha value is -2.12. The summed E-state index contributed by atoms with van der Waals surface area (Å²) in [5.41, 5.74) is 5.62. The number of hydrogen-bond donors (Lipinski definition) is 1. The molecule has 0 aromatic carbocycles. The third-order valence-corrected chi connectivity index (χ3v) is 2.71. The molecule has 1 aromatic heterocycles. The second-order valence-electron chi connectivity index (χ2n) is 4.14. The molecule has 0 aliphatic heterocycles. The molecule has 2 N–H and O–H groups in total. The van der Waals surface area contributed by atoms with Gasteiger partial charge in [-0.3, -0.25) is 4.79 Å². The van der Waals surface area contributed by atoms with Gasteiger partial charge < -0.3 is 15.4 Å². The van der Waals surface area contributed by atoms with Crippen molar-refractivity contribution < 1.29 is 14.3 Å². The molecule has 106 valence electrons. The van der Waals surface area contributed by atoms with Gasteiger partial charge in [0.2, 0.25) is 11.6 Å². The van der Waals surface area contributed by atoms with E-state index in [0.29, 0.717) is 6.54 Å². The van der Waals surface area contributed by atoms with Crippen LogP contribution in [0.2, 0.25) is 0 Å². The van der Waals surface area contributed by atoms with E-state index < -0.39 is 5.97 Å². The van der Waals surface area contributed by atoms with Gasteiger partial charge in [0.25, 0.3) is 0 Å². The fourth-order valence-electron chi connectivity index (χ4n) is 1.45. The first-order chi connectivity index (χ1) is 9.01. The molecule has 0 atom stereocenters. The van der Waals surface area contributed by atoms with E-state index in [1.165, 1.54) is 11.8 Å². The van der Waals surface area contributed by atoms with Crippen molar-refractivity contribution >= 4 is 17.7 Å². The maximum atomic E-state index is 11.9. The second-order valence-corrected chi connectivity index (χ2v) is 4.14. The monoisotopic (exact) mass is 269 g/mol. The van der Waals surface area contributed by atoms with Crippen LogP contribution in [0.1, 0.15) is 30.3 Å². The normalized spacial score (nSPS) is 10.3. The number of aromatic nitrogens is 3. The van der Waals surface area contributed by atoms with Gasteiger partial charge in [-0.25, -0.2) is 9.48 Å². The van der Waals surface area contributed by atoms with Crippen LogP contribution >= 0.6 is 0 Å². The van der Waals surface area contributed by atoms with E-state index in [0.717, 1.165) is 12.8 Å². The van der Waals surface area contributed by atoms with Gasteiger partial charge in [0, 0.05) is 13.6 Å². The highest BCUT2D eigenvalue weighted by Crippen LogP contribution is 2.09. The molecule has 1 aromatic rings. The second kappa shape index (κ2) is 6.72. The van der Waals surface area contributed by atoms with Crippen LogP contribution in [0, 0.1) is 0 Å². The van der Waals surface area contributed by atoms with Crippen LogP contribution in [-0.2, 0) is 16.1 Å². The van der Waals surface area contributed by atoms with Gasteiger partial charge in [-0.05, 0) is 6.42 Å². The molecule has 1 heterocycles. The fourth-order valence-corrected chi connectivity index (χ4v) is 1.45. The molecule has 0 aliphatic carbocycles. The van der Waals surface area contributed by atoms with Crippen molar-refractivity contribution in [3.63, 3.8) is 0 Å². The van der Waals surface area contributed by atoms with E-state index in [-0.39, 0.29) is 24.0 Å². The predicted molar refractivity (Wildman–Crippen MR) is 68.3 cm³/mol. The number of unbranched alkanes of at least 4 members (excludes halogenated alkanes) is 1. The average molecular weight is 269 g/mol. The number of amides is 1. The summed E-state index contributed by atoms with van der Waals surface area (Å²) in [6, 6.07) is 0. The fraction of sp³-hybridized carbons (Fsp3) is 0.636. The maximum Gasteiger partial charge on any atom is 0.362 e. The van der Waals surface area contributed by atoms with Crippen LogP contribution in [0.3, 0.4) is 0 Å². The van der Waals surface area contributed by atoms with Gasteiger partial charge in [-0.1, -0.05) is 18.6 Å². The lowest BCUT2D eigenvalue weighted by Crippen LogP contribution is -2.31. The summed E-state index contributed by atoms with van der Waals surface area (Å²) in [5.74, 6) is -0.777. The van der Waals surface area contributed by atoms with Crippen LogP contribution in [-0.4, -0.2) is 52.5 Å². The number of rotatable bonds is 6. The molecular formula is C11H19N5O3. The van der Waals surface area contributed by atoms with Crippen molar-refractivity contribution in [2.75, 3.05) is 26.4 Å². The highest BCUT2D eigenvalue weighted by Gasteiger charge is 2.20. The number of methoxy groups -OCH3 is 1. The first kappa shape index (κ1) is 14.9. The van der Waals surface area contributed by atoms with Crippen molar-refractivity contribution in [2.24, 2.45) is 0 Å². The Morgan fingerprint density at radius 2 is 2.16 bits per heavy atom. The molecule has 0 unspecified atom stereocenters. The molecule has 8 nitrogen and oxygen atoms in total. The first-order valence-electron chi connectivity index (χ1n) is 6.02. The Balaban J connectivity index is 2.70. The summed E-state index contributed by atoms with van der Waals surface area (Å²) in [5, 5.41) is 7.28. The quantitative estimate of drug-likeness (QED) is 0.724. The van der Waals surface area contributed by atoms with Crippen molar-refractivity contribution in [3.8, 4) is 0 Å². The van der Waals surface area contributed by atoms with E-state index in [1.807, 2.05) is 0 Å². The van der Waals surface area contributed by atoms with E-state index in [1.54, 1.807) is 11.9 Å². The Morgan fingerprint density at radius 3 is 2.74 bits per heavy atom. The number of hydrogen-bond acceptors (Lipinski definition) is 6. The van der Waals surface area contributed by atoms with Crippen LogP contribution in [0.4, 0.5) is 5.82 Å². The Labute approximate surface area is 111 Å². The summed E-state index contributed by atoms with van der Waals surface area (Å²) in [7, 11) is 2.94. The lowest BCUT2D eigenvalue weighted by molar-refractivity contribution is -0.130. The summed E-state index contributed by atoms with van der Waals surface area (Å²) < 4.78 is 5.70. The van der Waals surface area contributed by atoms with E-state index in [2.05, 4.69) is 22.0 Å². The molecule has 19 heavy (non-hydrogen) atoms. The summed E-state index contributed by atoms with van der Waals surface area (Å²) in [6.45, 7) is 2.68. The Kier molecular flexibility index (Phi) is 5.28. The molecular weight excluding hydrogens is 250 g/mol. The molecule has 0 bridgehead atoms. The molecule has 0 aliphatic rings. The van der Waals surface area contributed by atoms with Crippen LogP contribution in [0.5, 0.6) is 0 Å². The number of nitrogen functional groups attached to an aromatic ring is 1. The lowest BCUT2D eigenvalue weighted by atomic mass is 10.3. The zero-order valence-electron chi connectivity index (χ0n) is 11.4. The zero-order valence-corrected chi connectivity index (χ0v) is 11.4. The molecule has 0 saturated heterocycles. The van der Waals surface area contributed by atoms with Crippen LogP contribution in [0.25, 0.3) is 0 Å². The smallest absolute Gasteiger partial charge is 0.362 e. The summed E-state index contributed by atoms with van der Waals surface area (Å²) >= 11 is 0. The third-order valence-electron chi connectivity index (χ3n) is 2.71. The minimum absolute atomic E-state index is 0.0316. The van der Waals surface area contributed by atoms with E-state index in [9.17, 15) is 9.59 Å². The van der Waals surface area contributed by atoms with Gasteiger partial charge in [-0.2, -0.15) is 0 Å². The van der Waals surface area contributed by atoms with Crippen molar-refractivity contribution in [3.05, 3.63) is 5.69 Å². The van der Waals surface area contributed by atoms with Crippen molar-refractivity contribution in [1.82, 2.24) is 19.9 Å². The molecule has 8 heteroatoms. The molecule has 0 saturated carbocycles. The summed E-state index contributed by atoms with van der Waals surface area (Å²) in [4.78, 5) is 24.8. The van der Waals surface area contributed by atoms with Crippen molar-refractivity contribution in [1.29, 1.82) is 0 Å². The number of nitrogens with zero attached hydrogens (tertiary/aromatic N) is 4. The minimum Gasteiger partial charge on any atom is -0.464 e. The number of likely N-dealkylation sites (N-methyl/N-ethyl adjacent to an activating group) is 1. The number of carbonyl (C=O) groups is 2. The standard InChI is InChI=1S/C11H19N5O3/c1-4-5-6-15(2)8(17)7-16-10(12)9(13-14-16)11(18)19-3/h4-7,12H2,1-3H3. The molecule has 0 spiro atoms. The van der Waals surface area contributed by atoms with Gasteiger partial charge in [-0.15, -0.1) is 5.10 Å². The SMILES string of the molecule is CCCCN(C)C(=O)Cn1nnc(C(=O)OC)c1N. The third kappa shape index (κ3) is 3.67. The molecule has 1 rings (SSSR count). The number of ether oxygens (including phenoxy) is 1. The number of nitrogens with two attached hydrogens (primary N) is 1. The Bertz CT molecular complexity index is 457. The largest absolute Gasteiger partial charge is 0.464 e. The summed E-state index contributed by atoms with van der Waals surface area (Å²) in [6.07, 6.45) is 1.94. The highest BCUT2D eigenvalue weighted by molar-refractivity contribution is 5.92.